The van der Waals surface area contributed by atoms with Gasteiger partial charge in [0.2, 0.25) is 35.6 Å². The molecule has 0 aliphatic carbocycles. The summed E-state index contributed by atoms with van der Waals surface area (Å²) in [5.41, 5.74) is 4.90. The summed E-state index contributed by atoms with van der Waals surface area (Å²) in [4.78, 5) is 86.2. The molecule has 0 radical (unpaired) electrons. The number of methoxy groups -OCH3 is 8. The first-order valence-electron chi connectivity index (χ1n) is 41.0. The van der Waals surface area contributed by atoms with Crippen molar-refractivity contribution >= 4 is 155 Å². The standard InChI is InChI=1S/C30H34Cl2N6O5.C29H34Cl2N6O5.C28H32Cl2N6O5/c1-4-23(39)34-18-5-8-43-14-20(18)36-29-33-13-17-11-19(24-25(31)21(40-2)12-22(41-3)26(24)32)35-28(27(17)37-29)38-15-30(16-38)6-9-42-10-7-30;1-6-22(38)33-17-7-10-42-14-19(17)35-28-32-13-16-11-18(23-24(30)20(39-3)12-21(40-4)25(23)31)34-27(26(16)36-28)37-9-8-29(2,15-37)41-5;1-5-22(37)32-17-7-9-41-14-19(17)34-28-31-12-15-10-18(23-24(29)20(39-3)11-21(40-4)25(23)30)33-27(26(15)35-28)36-8-6-16(13-36)38-2/h4,11-13,18,20H,1,5-10,14-16H2,2-3H3,(H,34,39)(H,33,36,37);6,11-13,17,19H,1,7-10,14-15H2,2-5H3,(H,33,38)(H,32,35,36);5,10-12,16-17,19H,1,6-9,13-14H2,2-4H3,(H,32,37)(H,31,34,35)/t18-,20+;17-,19+,29?;16?,17-,19+/m000/s1. The molecule has 7 aliphatic rings. The summed E-state index contributed by atoms with van der Waals surface area (Å²) in [6.07, 6.45) is 14.7. The van der Waals surface area contributed by atoms with E-state index in [0.717, 1.165) is 74.7 Å². The van der Waals surface area contributed by atoms with Gasteiger partial charge >= 0.3 is 0 Å². The lowest BCUT2D eigenvalue weighted by Crippen LogP contribution is -2.59. The summed E-state index contributed by atoms with van der Waals surface area (Å²) >= 11 is 40.6. The number of hydrogen-bond donors (Lipinski definition) is 6. The van der Waals surface area contributed by atoms with Gasteiger partial charge in [-0.15, -0.1) is 0 Å². The SMILES string of the molecule is C=CC(=O)N[C@H]1CCOC[C@H]1Nc1ncc2cc(-c3c(Cl)c(OC)cc(OC)c3Cl)nc(N3CC4(CCOCC4)C3)c2n1.C=CC(=O)N[C@H]1CCOC[C@H]1Nc1ncc2cc(-c3c(Cl)c(OC)cc(OC)c3Cl)nc(N3CCC(C)(OC)C3)c2n1.C=CC(=O)N[C@H]1CCOC[C@H]1Nc1ncc2cc(-c3c(Cl)c(OC)cc(OC)c3Cl)nc(N3CCC(OC)C3)c2n1. The normalized spacial score (nSPS) is 21.4. The fraction of sp³-hybridized carbons (Fsp3) is 0.448. The number of anilines is 6. The number of pyridine rings is 3. The number of carbonyl (C=O) groups excluding carboxylic acids is 3. The Morgan fingerprint density at radius 3 is 1.07 bits per heavy atom. The van der Waals surface area contributed by atoms with Crippen molar-refractivity contribution in [1.82, 2.24) is 60.8 Å². The molecular formula is C87H100Cl6N18O15. The molecule has 8 atom stereocenters. The molecule has 126 heavy (non-hydrogen) atoms. The number of aromatic nitrogens is 9. The Morgan fingerprint density at radius 1 is 0.421 bits per heavy atom. The maximum Gasteiger partial charge on any atom is 0.243 e. The molecule has 13 heterocycles. The van der Waals surface area contributed by atoms with Gasteiger partial charge in [-0.2, -0.15) is 0 Å². The van der Waals surface area contributed by atoms with Crippen LogP contribution in [0.4, 0.5) is 35.3 Å². The molecule has 2 unspecified atom stereocenters. The van der Waals surface area contributed by atoms with Crippen molar-refractivity contribution in [3.8, 4) is 68.3 Å². The van der Waals surface area contributed by atoms with E-state index in [2.05, 4.69) is 88.2 Å². The van der Waals surface area contributed by atoms with Crippen molar-refractivity contribution in [2.45, 2.75) is 99.8 Å². The zero-order chi connectivity index (χ0) is 89.3. The highest BCUT2D eigenvalue weighted by Gasteiger charge is 2.46. The minimum atomic E-state index is -0.345. The Kier molecular flexibility index (Phi) is 29.9. The van der Waals surface area contributed by atoms with E-state index in [1.54, 1.807) is 51.0 Å². The molecule has 1 spiro atoms. The van der Waals surface area contributed by atoms with Crippen molar-refractivity contribution in [1.29, 1.82) is 0 Å². The molecule has 16 rings (SSSR count). The van der Waals surface area contributed by atoms with Crippen molar-refractivity contribution in [3.05, 3.63) is 123 Å². The number of nitrogens with zero attached hydrogens (tertiary/aromatic N) is 12. The minimum absolute atomic E-state index is 0.0626. The summed E-state index contributed by atoms with van der Waals surface area (Å²) in [6, 6.07) is 9.31. The highest BCUT2D eigenvalue weighted by Crippen LogP contribution is 2.52. The number of carbonyl (C=O) groups is 3. The van der Waals surface area contributed by atoms with Gasteiger partial charge < -0.3 is 103 Å². The summed E-state index contributed by atoms with van der Waals surface area (Å²) in [5.74, 6) is 4.97. The second-order valence-corrected chi connectivity index (χ2v) is 33.7. The number of fused-ring (bicyclic) bond motifs is 3. The van der Waals surface area contributed by atoms with E-state index in [1.165, 1.54) is 60.9 Å². The van der Waals surface area contributed by atoms with Crippen LogP contribution in [0.25, 0.3) is 66.5 Å². The topological polar surface area (TPSA) is 360 Å². The summed E-state index contributed by atoms with van der Waals surface area (Å²) in [7, 11) is 12.6. The number of nitrogens with one attached hydrogen (secondary N) is 6. The van der Waals surface area contributed by atoms with Crippen molar-refractivity contribution < 1.29 is 71.2 Å². The van der Waals surface area contributed by atoms with Gasteiger partial charge in [0.1, 0.15) is 51.0 Å². The molecule has 7 fully saturated rings. The largest absolute Gasteiger partial charge is 0.495 e. The third kappa shape index (κ3) is 20.1. The molecule has 0 saturated carbocycles. The van der Waals surface area contributed by atoms with Crippen molar-refractivity contribution in [2.75, 3.05) is 180 Å². The van der Waals surface area contributed by atoms with Crippen LogP contribution in [0.1, 0.15) is 51.9 Å². The van der Waals surface area contributed by atoms with Crippen LogP contribution in [0.2, 0.25) is 30.1 Å². The Bertz CT molecular complexity index is 5480. The smallest absolute Gasteiger partial charge is 0.243 e. The molecule has 6 N–H and O–H groups in total. The van der Waals surface area contributed by atoms with Gasteiger partial charge in [0.25, 0.3) is 0 Å². The van der Waals surface area contributed by atoms with E-state index in [0.29, 0.717) is 229 Å². The molecule has 3 amide bonds. The average molecular weight is 1850 g/mol. The molecule has 7 saturated heterocycles. The monoisotopic (exact) mass is 1850 g/mol. The number of ether oxygens (including phenoxy) is 12. The van der Waals surface area contributed by atoms with Crippen LogP contribution in [0, 0.1) is 5.41 Å². The van der Waals surface area contributed by atoms with E-state index in [4.69, 9.17) is 156 Å². The highest BCUT2D eigenvalue weighted by atomic mass is 35.5. The van der Waals surface area contributed by atoms with E-state index in [9.17, 15) is 14.4 Å². The second kappa shape index (κ2) is 40.9. The first-order chi connectivity index (χ1) is 60.9. The Hall–Kier alpha value is -10.1. The van der Waals surface area contributed by atoms with Gasteiger partial charge in [0.05, 0.1) is 158 Å². The lowest BCUT2D eigenvalue weighted by atomic mass is 9.73. The molecule has 9 aromatic rings. The van der Waals surface area contributed by atoms with Gasteiger partial charge in [0.15, 0.2) is 17.5 Å². The van der Waals surface area contributed by atoms with E-state index < -0.39 is 0 Å². The van der Waals surface area contributed by atoms with E-state index in [-0.39, 0.29) is 71.1 Å². The summed E-state index contributed by atoms with van der Waals surface area (Å²) < 4.78 is 67.1. The van der Waals surface area contributed by atoms with E-state index >= 15 is 0 Å². The van der Waals surface area contributed by atoms with Crippen LogP contribution < -0.4 is 75.0 Å². The van der Waals surface area contributed by atoms with Crippen LogP contribution in [0.3, 0.4) is 0 Å². The lowest BCUT2D eigenvalue weighted by molar-refractivity contribution is -0.118. The zero-order valence-corrected chi connectivity index (χ0v) is 75.7. The Labute approximate surface area is 758 Å². The van der Waals surface area contributed by atoms with Gasteiger partial charge in [-0.05, 0) is 88.3 Å². The Balaban J connectivity index is 0.000000153. The third-order valence-corrected chi connectivity index (χ3v) is 25.8. The Morgan fingerprint density at radius 2 is 0.762 bits per heavy atom. The number of amides is 3. The van der Waals surface area contributed by atoms with Crippen LogP contribution in [-0.4, -0.2) is 260 Å². The highest BCUT2D eigenvalue weighted by molar-refractivity contribution is 6.42. The number of hydrogen-bond acceptors (Lipinski definition) is 30. The molecule has 6 aromatic heterocycles. The molecule has 33 nitrogen and oxygen atoms in total. The summed E-state index contributed by atoms with van der Waals surface area (Å²) in [6.45, 7) is 21.5. The summed E-state index contributed by atoms with van der Waals surface area (Å²) in [5, 5.41) is 23.1. The molecule has 3 aromatic carbocycles. The van der Waals surface area contributed by atoms with Crippen molar-refractivity contribution in [3.63, 3.8) is 0 Å². The number of benzene rings is 3. The van der Waals surface area contributed by atoms with Crippen LogP contribution in [-0.2, 0) is 42.8 Å². The number of halogens is 6. The molecule has 39 heteroatoms. The van der Waals surface area contributed by atoms with Crippen LogP contribution in [0.5, 0.6) is 34.5 Å². The zero-order valence-electron chi connectivity index (χ0n) is 71.2. The molecule has 0 bridgehead atoms. The minimum Gasteiger partial charge on any atom is -0.495 e. The van der Waals surface area contributed by atoms with Gasteiger partial charge in [-0.3, -0.25) is 14.4 Å². The maximum atomic E-state index is 12.0. The van der Waals surface area contributed by atoms with Crippen LogP contribution in [0.15, 0.2) is 93.0 Å². The predicted molar refractivity (Wildman–Crippen MR) is 487 cm³/mol. The maximum absolute atomic E-state index is 12.0. The predicted octanol–water partition coefficient (Wildman–Crippen LogP) is 13.1. The molecule has 670 valence electrons. The second-order valence-electron chi connectivity index (χ2n) is 31.4. The fourth-order valence-corrected chi connectivity index (χ4v) is 18.5. The van der Waals surface area contributed by atoms with Crippen molar-refractivity contribution in [2.24, 2.45) is 5.41 Å². The average Bonchev–Trinajstić information content (AvgIpc) is 0.929. The molecule has 7 aliphatic heterocycles. The van der Waals surface area contributed by atoms with Crippen LogP contribution >= 0.6 is 69.6 Å². The third-order valence-electron chi connectivity index (χ3n) is 23.6. The van der Waals surface area contributed by atoms with Gasteiger partial charge in [0, 0.05) is 162 Å². The fourth-order valence-electron chi connectivity index (χ4n) is 16.5. The number of rotatable bonds is 26. The molecular weight excluding hydrogens is 1750 g/mol. The quantitative estimate of drug-likeness (QED) is 0.0274. The first kappa shape index (κ1) is 92.1. The van der Waals surface area contributed by atoms with E-state index in [1.807, 2.05) is 18.2 Å². The van der Waals surface area contributed by atoms with Gasteiger partial charge in [-0.1, -0.05) is 89.3 Å². The van der Waals surface area contributed by atoms with Gasteiger partial charge in [-0.25, -0.2) is 44.9 Å². The first-order valence-corrected chi connectivity index (χ1v) is 43.2. The lowest BCUT2D eigenvalue weighted by Gasteiger charge is -2.52.